The van der Waals surface area contributed by atoms with Gasteiger partial charge in [0.15, 0.2) is 28.2 Å². The van der Waals surface area contributed by atoms with E-state index >= 15 is 0 Å². The molecular formula is C10H2F12N2O4S2. The van der Waals surface area contributed by atoms with Gasteiger partial charge in [-0.1, -0.05) is 3.82 Å². The number of alkyl halides is 7. The first-order valence-electron chi connectivity index (χ1n) is 6.22. The second-order valence-corrected chi connectivity index (χ2v) is 8.61. The lowest BCUT2D eigenvalue weighted by atomic mass is 10.3. The van der Waals surface area contributed by atoms with Crippen LogP contribution in [0.15, 0.2) is 10.00 Å². The van der Waals surface area contributed by atoms with Gasteiger partial charge in [0, 0.05) is 6.72 Å². The Morgan fingerprint density at radius 1 is 0.667 bits per heavy atom. The quantitative estimate of drug-likeness (QED) is 0.202. The topological polar surface area (TPSA) is 83.9 Å². The van der Waals surface area contributed by atoms with E-state index in [1.807, 2.05) is 6.72 Å². The van der Waals surface area contributed by atoms with E-state index in [0.29, 0.717) is 0 Å². The van der Waals surface area contributed by atoms with Crippen molar-refractivity contribution in [2.24, 2.45) is 5.10 Å². The Bertz CT molecular complexity index is 1050. The lowest BCUT2D eigenvalue weighted by Gasteiger charge is -2.32. The van der Waals surface area contributed by atoms with Gasteiger partial charge in [-0.05, 0) is 0 Å². The fourth-order valence-electron chi connectivity index (χ4n) is 1.73. The molecule has 0 atom stereocenters. The molecule has 172 valence electrons. The highest BCUT2D eigenvalue weighted by Crippen LogP contribution is 2.51. The fraction of sp³-hybridized carbons (Fsp3) is 0.300. The van der Waals surface area contributed by atoms with Crippen molar-refractivity contribution < 1.29 is 69.5 Å². The van der Waals surface area contributed by atoms with Crippen molar-refractivity contribution in [3.63, 3.8) is 0 Å². The van der Waals surface area contributed by atoms with Crippen LogP contribution in [0.2, 0.25) is 0 Å². The molecule has 0 heterocycles. The van der Waals surface area contributed by atoms with Crippen LogP contribution in [0.25, 0.3) is 0 Å². The van der Waals surface area contributed by atoms with Crippen LogP contribution in [0.3, 0.4) is 0 Å². The summed E-state index contributed by atoms with van der Waals surface area (Å²) in [6, 6.07) is 0. The third-order valence-corrected chi connectivity index (χ3v) is 7.32. The molecule has 20 heteroatoms. The Kier molecular flexibility index (Phi) is 6.16. The molecular weight excluding hydrogens is 504 g/mol. The normalized spacial score (nSPS) is 14.0. The molecule has 0 aromatic heterocycles. The molecule has 1 rings (SSSR count). The summed E-state index contributed by atoms with van der Waals surface area (Å²) in [5.74, 6) is -16.0. The maximum atomic E-state index is 13.9. The SMILES string of the molecule is C=NN(S(=O)(=O)c1c(F)c(F)c(F)c(F)c1F)S(=O)(=O)C(F)(C(F)(F)F)C(F)(F)F. The highest BCUT2D eigenvalue weighted by atomic mass is 32.3. The second kappa shape index (κ2) is 7.17. The Balaban J connectivity index is 4.07. The van der Waals surface area contributed by atoms with Gasteiger partial charge in [-0.25, -0.2) is 26.3 Å². The maximum Gasteiger partial charge on any atom is 0.449 e. The molecule has 6 nitrogen and oxygen atoms in total. The molecule has 0 bridgehead atoms. The smallest absolute Gasteiger partial charge is 0.203 e. The molecule has 0 amide bonds. The lowest BCUT2D eigenvalue weighted by molar-refractivity contribution is -0.306. The number of rotatable bonds is 5. The van der Waals surface area contributed by atoms with Gasteiger partial charge >= 0.3 is 27.4 Å². The molecule has 0 radical (unpaired) electrons. The first-order valence-corrected chi connectivity index (χ1v) is 9.10. The van der Waals surface area contributed by atoms with Crippen LogP contribution in [-0.2, 0) is 20.0 Å². The Morgan fingerprint density at radius 2 is 0.967 bits per heavy atom. The third kappa shape index (κ3) is 3.34. The summed E-state index contributed by atoms with van der Waals surface area (Å²) in [5, 5.41) is -5.81. The first kappa shape index (κ1) is 25.8. The maximum absolute atomic E-state index is 13.9. The summed E-state index contributed by atoms with van der Waals surface area (Å²) in [7, 11) is -15.2. The Hall–Kier alpha value is -2.25. The Morgan fingerprint density at radius 3 is 1.23 bits per heavy atom. The second-order valence-electron chi connectivity index (χ2n) is 4.82. The molecule has 30 heavy (non-hydrogen) atoms. The molecule has 0 unspecified atom stereocenters. The van der Waals surface area contributed by atoms with E-state index in [2.05, 4.69) is 0 Å². The van der Waals surface area contributed by atoms with Crippen LogP contribution in [0.4, 0.5) is 52.7 Å². The van der Waals surface area contributed by atoms with Crippen molar-refractivity contribution >= 4 is 26.8 Å². The molecule has 0 fully saturated rings. The summed E-state index contributed by atoms with van der Waals surface area (Å²) in [5.41, 5.74) is 0. The lowest BCUT2D eigenvalue weighted by Crippen LogP contribution is -2.62. The monoisotopic (exact) mass is 506 g/mol. The molecule has 1 aromatic rings. The highest BCUT2D eigenvalue weighted by Gasteiger charge is 2.83. The fourth-order valence-corrected chi connectivity index (χ4v) is 5.19. The first-order chi connectivity index (χ1) is 13.1. The molecule has 0 aliphatic heterocycles. The average molecular weight is 506 g/mol. The molecule has 0 saturated heterocycles. The van der Waals surface area contributed by atoms with Crippen molar-refractivity contribution in [3.05, 3.63) is 29.1 Å². The molecule has 0 aliphatic rings. The summed E-state index contributed by atoms with van der Waals surface area (Å²) in [6.45, 7) is 1.93. The van der Waals surface area contributed by atoms with Gasteiger partial charge < -0.3 is 0 Å². The van der Waals surface area contributed by atoms with Crippen molar-refractivity contribution in [1.82, 2.24) is 3.82 Å². The van der Waals surface area contributed by atoms with Crippen molar-refractivity contribution in [3.8, 4) is 0 Å². The van der Waals surface area contributed by atoms with Crippen molar-refractivity contribution in [2.75, 3.05) is 0 Å². The van der Waals surface area contributed by atoms with Crippen LogP contribution in [0.5, 0.6) is 0 Å². The largest absolute Gasteiger partial charge is 0.449 e. The zero-order valence-electron chi connectivity index (χ0n) is 13.1. The van der Waals surface area contributed by atoms with E-state index in [1.54, 1.807) is 5.10 Å². The predicted octanol–water partition coefficient (Wildman–Crippen LogP) is 3.11. The summed E-state index contributed by atoms with van der Waals surface area (Å²) in [6.07, 6.45) is -14.9. The van der Waals surface area contributed by atoms with E-state index < -0.39 is 75.2 Å². The van der Waals surface area contributed by atoms with Crippen LogP contribution >= 0.6 is 0 Å². The van der Waals surface area contributed by atoms with Gasteiger partial charge in [0.1, 0.15) is 0 Å². The minimum absolute atomic E-state index is 1.66. The van der Waals surface area contributed by atoms with Crippen molar-refractivity contribution in [2.45, 2.75) is 22.2 Å². The van der Waals surface area contributed by atoms with E-state index in [0.717, 1.165) is 0 Å². The van der Waals surface area contributed by atoms with E-state index in [4.69, 9.17) is 0 Å². The van der Waals surface area contributed by atoms with Gasteiger partial charge in [-0.15, -0.1) is 0 Å². The number of hydrogen-bond donors (Lipinski definition) is 0. The van der Waals surface area contributed by atoms with Crippen LogP contribution < -0.4 is 0 Å². The van der Waals surface area contributed by atoms with Crippen molar-refractivity contribution in [1.29, 1.82) is 0 Å². The van der Waals surface area contributed by atoms with E-state index in [-0.39, 0.29) is 0 Å². The number of halogens is 12. The molecule has 0 aliphatic carbocycles. The van der Waals surface area contributed by atoms with Crippen LogP contribution in [0.1, 0.15) is 0 Å². The molecule has 0 spiro atoms. The van der Waals surface area contributed by atoms with Gasteiger partial charge in [0.25, 0.3) is 10.0 Å². The van der Waals surface area contributed by atoms with Gasteiger partial charge in [-0.3, -0.25) is 0 Å². The minimum Gasteiger partial charge on any atom is -0.203 e. The average Bonchev–Trinajstić information content (AvgIpc) is 2.55. The van der Waals surface area contributed by atoms with Gasteiger partial charge in [-0.2, -0.15) is 48.3 Å². The summed E-state index contributed by atoms with van der Waals surface area (Å²) >= 11 is 0. The minimum atomic E-state index is -8.08. The number of hydrazone groups is 1. The zero-order valence-corrected chi connectivity index (χ0v) is 14.7. The molecule has 1 aromatic carbocycles. The summed E-state index contributed by atoms with van der Waals surface area (Å²) in [4.78, 5) is -3.25. The predicted molar refractivity (Wildman–Crippen MR) is 69.7 cm³/mol. The number of nitrogens with zero attached hydrogens (tertiary/aromatic N) is 2. The zero-order chi connectivity index (χ0) is 24.2. The van der Waals surface area contributed by atoms with Gasteiger partial charge in [0.2, 0.25) is 5.82 Å². The van der Waals surface area contributed by atoms with E-state index in [1.165, 1.54) is 0 Å². The molecule has 0 saturated carbocycles. The summed E-state index contributed by atoms with van der Waals surface area (Å²) < 4.78 is 201. The standard InChI is InChI=1S/C10H2F12N2O4S2/c1-23-24(30(27,28)8(16,9(17,18)19)10(20,21)22)29(25,26)7-5(14)3(12)2(11)4(13)6(7)15/h1H2. The van der Waals surface area contributed by atoms with E-state index in [9.17, 15) is 69.5 Å². The molecule has 0 N–H and O–H groups in total. The number of hydrogen-bond acceptors (Lipinski definition) is 5. The van der Waals surface area contributed by atoms with Crippen LogP contribution in [-0.4, -0.2) is 44.7 Å². The van der Waals surface area contributed by atoms with Crippen LogP contribution in [0, 0.1) is 29.1 Å². The number of benzene rings is 1. The number of sulfonamides is 2. The van der Waals surface area contributed by atoms with Gasteiger partial charge in [0.05, 0.1) is 0 Å². The third-order valence-electron chi connectivity index (χ3n) is 3.04. The highest BCUT2D eigenvalue weighted by molar-refractivity contribution is 8.04. The Labute approximate surface area is 157 Å².